The molecule has 1 heterocycles. The molecule has 11 heteroatoms. The van der Waals surface area contributed by atoms with Gasteiger partial charge in [0.15, 0.2) is 0 Å². The van der Waals surface area contributed by atoms with E-state index in [-0.39, 0.29) is 0 Å². The maximum absolute atomic E-state index is 13.1. The number of halogens is 1. The van der Waals surface area contributed by atoms with Gasteiger partial charge in [-0.25, -0.2) is 18.0 Å². The molecule has 1 aliphatic rings. The third-order valence-corrected chi connectivity index (χ3v) is 8.01. The lowest BCUT2D eigenvalue weighted by Gasteiger charge is -2.34. The molecule has 3 aromatic rings. The molecule has 0 aromatic heterocycles. The Labute approximate surface area is 211 Å². The molecular weight excluding hydrogens is 540 g/mol. The number of carbonyl (C=O) groups is 2. The van der Waals surface area contributed by atoms with Crippen molar-refractivity contribution in [2.24, 2.45) is 0 Å². The highest BCUT2D eigenvalue weighted by Crippen LogP contribution is 2.27. The molecule has 0 radical (unpaired) electrons. The molecular formula is C24H25BrN2O7S. The van der Waals surface area contributed by atoms with Crippen LogP contribution in [0.1, 0.15) is 5.56 Å². The van der Waals surface area contributed by atoms with Gasteiger partial charge in [-0.3, -0.25) is 4.90 Å². The van der Waals surface area contributed by atoms with Crippen LogP contribution in [0, 0.1) is 0 Å². The van der Waals surface area contributed by atoms with Gasteiger partial charge in [-0.1, -0.05) is 36.4 Å². The van der Waals surface area contributed by atoms with Crippen LogP contribution in [-0.2, 0) is 26.2 Å². The van der Waals surface area contributed by atoms with E-state index in [0.29, 0.717) is 31.1 Å². The molecule has 1 saturated heterocycles. The van der Waals surface area contributed by atoms with Crippen LogP contribution in [0.5, 0.6) is 5.75 Å². The number of nitrogens with zero attached hydrogens (tertiary/aromatic N) is 2. The van der Waals surface area contributed by atoms with E-state index in [1.54, 1.807) is 23.5 Å². The van der Waals surface area contributed by atoms with E-state index < -0.39 is 22.0 Å². The molecule has 2 N–H and O–H groups in total. The summed E-state index contributed by atoms with van der Waals surface area (Å²) in [7, 11) is -1.84. The van der Waals surface area contributed by atoms with Gasteiger partial charge in [0.05, 0.1) is 16.5 Å². The Kier molecular flexibility index (Phi) is 8.84. The average Bonchev–Trinajstić information content (AvgIpc) is 2.84. The first-order valence-electron chi connectivity index (χ1n) is 10.6. The summed E-state index contributed by atoms with van der Waals surface area (Å²) in [4.78, 5) is 20.8. The summed E-state index contributed by atoms with van der Waals surface area (Å²) in [5.41, 5.74) is 1.17. The van der Waals surface area contributed by atoms with Gasteiger partial charge < -0.3 is 14.9 Å². The van der Waals surface area contributed by atoms with Gasteiger partial charge in [-0.05, 0) is 56.5 Å². The summed E-state index contributed by atoms with van der Waals surface area (Å²) in [6.45, 7) is 3.18. The van der Waals surface area contributed by atoms with Crippen LogP contribution in [0.4, 0.5) is 0 Å². The summed E-state index contributed by atoms with van der Waals surface area (Å²) in [6.07, 6.45) is 0. The zero-order chi connectivity index (χ0) is 25.6. The predicted octanol–water partition coefficient (Wildman–Crippen LogP) is 3.27. The highest BCUT2D eigenvalue weighted by atomic mass is 79.9. The van der Waals surface area contributed by atoms with E-state index in [1.165, 1.54) is 5.56 Å². The molecule has 3 aromatic carbocycles. The van der Waals surface area contributed by atoms with Gasteiger partial charge in [-0.15, -0.1) is 0 Å². The van der Waals surface area contributed by atoms with Crippen LogP contribution < -0.4 is 4.74 Å². The minimum Gasteiger partial charge on any atom is -0.496 e. The largest absolute Gasteiger partial charge is 0.496 e. The van der Waals surface area contributed by atoms with E-state index in [2.05, 4.69) is 26.9 Å². The highest BCUT2D eigenvalue weighted by Gasteiger charge is 2.28. The number of ether oxygens (including phenoxy) is 1. The zero-order valence-electron chi connectivity index (χ0n) is 18.9. The molecule has 0 unspecified atom stereocenters. The fourth-order valence-electron chi connectivity index (χ4n) is 3.67. The number of sulfonamides is 1. The Bertz CT molecular complexity index is 1310. The summed E-state index contributed by atoms with van der Waals surface area (Å²) >= 11 is 3.52. The predicted molar refractivity (Wildman–Crippen MR) is 134 cm³/mol. The summed E-state index contributed by atoms with van der Waals surface area (Å²) in [6, 6.07) is 19.2. The van der Waals surface area contributed by atoms with Crippen molar-refractivity contribution in [3.05, 3.63) is 70.7 Å². The lowest BCUT2D eigenvalue weighted by Crippen LogP contribution is -2.48. The molecule has 35 heavy (non-hydrogen) atoms. The number of piperazine rings is 1. The second kappa shape index (κ2) is 11.6. The number of carboxylic acids is 2. The molecule has 1 fully saturated rings. The van der Waals surface area contributed by atoms with E-state index in [1.807, 2.05) is 42.5 Å². The molecule has 0 aliphatic carbocycles. The number of fused-ring (bicyclic) bond motifs is 1. The van der Waals surface area contributed by atoms with Gasteiger partial charge in [0.1, 0.15) is 5.75 Å². The maximum Gasteiger partial charge on any atom is 0.414 e. The lowest BCUT2D eigenvalue weighted by atomic mass is 10.1. The minimum absolute atomic E-state index is 0.365. The van der Waals surface area contributed by atoms with Crippen molar-refractivity contribution in [2.75, 3.05) is 33.3 Å². The number of methoxy groups -OCH3 is 1. The molecule has 0 saturated carbocycles. The van der Waals surface area contributed by atoms with E-state index >= 15 is 0 Å². The number of rotatable bonds is 5. The van der Waals surface area contributed by atoms with Crippen LogP contribution in [-0.4, -0.2) is 73.1 Å². The van der Waals surface area contributed by atoms with Gasteiger partial charge in [0, 0.05) is 32.7 Å². The van der Waals surface area contributed by atoms with Gasteiger partial charge in [0.25, 0.3) is 0 Å². The molecule has 4 rings (SSSR count). The first kappa shape index (κ1) is 26.6. The highest BCUT2D eigenvalue weighted by molar-refractivity contribution is 9.10. The van der Waals surface area contributed by atoms with Gasteiger partial charge >= 0.3 is 11.9 Å². The second-order valence-electron chi connectivity index (χ2n) is 7.77. The molecule has 0 amide bonds. The molecule has 186 valence electrons. The standard InChI is InChI=1S/C22H23BrN2O3S.C2H2O4/c1-28-22-9-6-17(14-21(22)23)16-24-10-12-25(13-11-24)29(26,27)20-8-7-18-4-2-3-5-19(18)15-20;3-1(4)2(5)6/h2-9,14-15H,10-13,16H2,1H3;(H,3,4)(H,5,6). The Hall–Kier alpha value is -2.99. The van der Waals surface area contributed by atoms with Crippen molar-refractivity contribution in [3.8, 4) is 5.75 Å². The lowest BCUT2D eigenvalue weighted by molar-refractivity contribution is -0.159. The van der Waals surface area contributed by atoms with Crippen LogP contribution in [0.2, 0.25) is 0 Å². The number of benzene rings is 3. The first-order chi connectivity index (χ1) is 16.6. The van der Waals surface area contributed by atoms with Crippen LogP contribution in [0.3, 0.4) is 0 Å². The van der Waals surface area contributed by atoms with Crippen LogP contribution >= 0.6 is 15.9 Å². The molecule has 9 nitrogen and oxygen atoms in total. The normalized spacial score (nSPS) is 14.7. The smallest absolute Gasteiger partial charge is 0.414 e. The number of aliphatic carboxylic acids is 2. The number of hydrogen-bond donors (Lipinski definition) is 2. The zero-order valence-corrected chi connectivity index (χ0v) is 21.3. The van der Waals surface area contributed by atoms with E-state index in [4.69, 9.17) is 24.5 Å². The first-order valence-corrected chi connectivity index (χ1v) is 12.8. The SMILES string of the molecule is COc1ccc(CN2CCN(S(=O)(=O)c3ccc4ccccc4c3)CC2)cc1Br.O=C(O)C(=O)O. The fourth-order valence-corrected chi connectivity index (χ4v) is 5.72. The second-order valence-corrected chi connectivity index (χ2v) is 10.6. The summed E-state index contributed by atoms with van der Waals surface area (Å²) < 4.78 is 34.0. The van der Waals surface area contributed by atoms with Crippen LogP contribution in [0.25, 0.3) is 10.8 Å². The maximum atomic E-state index is 13.1. The average molecular weight is 565 g/mol. The Morgan fingerprint density at radius 1 is 0.914 bits per heavy atom. The minimum atomic E-state index is -3.48. The third kappa shape index (κ3) is 6.79. The monoisotopic (exact) mass is 564 g/mol. The molecule has 0 spiro atoms. The summed E-state index contributed by atoms with van der Waals surface area (Å²) in [5, 5.41) is 16.8. The van der Waals surface area contributed by atoms with Crippen molar-refractivity contribution in [2.45, 2.75) is 11.4 Å². The van der Waals surface area contributed by atoms with Crippen LogP contribution in [0.15, 0.2) is 70.0 Å². The molecule has 1 aliphatic heterocycles. The Morgan fingerprint density at radius 3 is 2.11 bits per heavy atom. The topological polar surface area (TPSA) is 124 Å². The van der Waals surface area contributed by atoms with Crippen molar-refractivity contribution < 1.29 is 33.0 Å². The summed E-state index contributed by atoms with van der Waals surface area (Å²) in [5.74, 6) is -2.84. The number of hydrogen-bond acceptors (Lipinski definition) is 6. The van der Waals surface area contributed by atoms with Crippen molar-refractivity contribution >= 4 is 48.7 Å². The number of carboxylic acid groups (broad SMARTS) is 2. The quantitative estimate of drug-likeness (QED) is 0.452. The van der Waals surface area contributed by atoms with E-state index in [0.717, 1.165) is 27.5 Å². The Morgan fingerprint density at radius 2 is 1.54 bits per heavy atom. The van der Waals surface area contributed by atoms with Crippen molar-refractivity contribution in [3.63, 3.8) is 0 Å². The van der Waals surface area contributed by atoms with Crippen molar-refractivity contribution in [1.82, 2.24) is 9.21 Å². The van der Waals surface area contributed by atoms with Crippen molar-refractivity contribution in [1.29, 1.82) is 0 Å². The third-order valence-electron chi connectivity index (χ3n) is 5.50. The van der Waals surface area contributed by atoms with Gasteiger partial charge in [-0.2, -0.15) is 4.31 Å². The fraction of sp³-hybridized carbons (Fsp3) is 0.250. The molecule has 0 atom stereocenters. The van der Waals surface area contributed by atoms with Gasteiger partial charge in [0.2, 0.25) is 10.0 Å². The molecule has 0 bridgehead atoms. The van der Waals surface area contributed by atoms with E-state index in [9.17, 15) is 8.42 Å². The Balaban J connectivity index is 0.000000509.